The van der Waals surface area contributed by atoms with Gasteiger partial charge in [-0.25, -0.2) is 0 Å². The first-order valence-corrected chi connectivity index (χ1v) is 5.71. The minimum Gasteiger partial charge on any atom is -0.497 e. The van der Waals surface area contributed by atoms with Crippen molar-refractivity contribution < 1.29 is 9.26 Å². The van der Waals surface area contributed by atoms with Gasteiger partial charge in [0, 0.05) is 17.7 Å². The van der Waals surface area contributed by atoms with Crippen LogP contribution in [-0.4, -0.2) is 18.8 Å². The van der Waals surface area contributed by atoms with E-state index in [1.54, 1.807) is 7.11 Å². The third kappa shape index (κ3) is 1.80. The van der Waals surface area contributed by atoms with Crippen molar-refractivity contribution in [3.8, 4) is 17.1 Å². The molecule has 88 valence electrons. The van der Waals surface area contributed by atoms with Crippen molar-refractivity contribution in [1.82, 2.24) is 10.5 Å². The summed E-state index contributed by atoms with van der Waals surface area (Å²) in [6.45, 7) is 1.77. The van der Waals surface area contributed by atoms with Crippen LogP contribution in [0.1, 0.15) is 11.3 Å². The van der Waals surface area contributed by atoms with E-state index in [1.165, 1.54) is 5.56 Å². The van der Waals surface area contributed by atoms with Crippen molar-refractivity contribution in [2.75, 3.05) is 13.7 Å². The highest BCUT2D eigenvalue weighted by Crippen LogP contribution is 2.30. The summed E-state index contributed by atoms with van der Waals surface area (Å²) in [6.07, 6.45) is 0.964. The van der Waals surface area contributed by atoms with Gasteiger partial charge in [-0.05, 0) is 25.1 Å². The molecule has 1 aliphatic rings. The van der Waals surface area contributed by atoms with Gasteiger partial charge < -0.3 is 14.6 Å². The molecule has 0 bridgehead atoms. The summed E-state index contributed by atoms with van der Waals surface area (Å²) in [4.78, 5) is 0. The Balaban J connectivity index is 2.05. The maximum atomic E-state index is 5.46. The van der Waals surface area contributed by atoms with E-state index in [4.69, 9.17) is 9.26 Å². The van der Waals surface area contributed by atoms with Crippen LogP contribution >= 0.6 is 0 Å². The fraction of sp³-hybridized carbons (Fsp3) is 0.308. The molecule has 1 aromatic carbocycles. The first-order valence-electron chi connectivity index (χ1n) is 5.71. The highest BCUT2D eigenvalue weighted by atomic mass is 16.5. The van der Waals surface area contributed by atoms with Crippen LogP contribution in [0.4, 0.5) is 0 Å². The summed E-state index contributed by atoms with van der Waals surface area (Å²) in [6, 6.07) is 7.88. The largest absolute Gasteiger partial charge is 0.497 e. The van der Waals surface area contributed by atoms with Crippen molar-refractivity contribution in [3.63, 3.8) is 0 Å². The van der Waals surface area contributed by atoms with Gasteiger partial charge in [0.05, 0.1) is 7.11 Å². The van der Waals surface area contributed by atoms with E-state index in [-0.39, 0.29) is 0 Å². The molecule has 0 amide bonds. The van der Waals surface area contributed by atoms with Gasteiger partial charge in [-0.15, -0.1) is 0 Å². The predicted octanol–water partition coefficient (Wildman–Crippen LogP) is 2.00. The normalized spacial score (nSPS) is 14.4. The van der Waals surface area contributed by atoms with Crippen LogP contribution in [0.3, 0.4) is 0 Å². The van der Waals surface area contributed by atoms with E-state index in [9.17, 15) is 0 Å². The highest BCUT2D eigenvalue weighted by molar-refractivity contribution is 5.64. The lowest BCUT2D eigenvalue weighted by molar-refractivity contribution is 0.412. The molecular weight excluding hydrogens is 216 g/mol. The standard InChI is InChI=1S/C13H14N2O2/c1-16-10-4-2-3-9(7-10)13-11-5-6-14-8-12(11)15-17-13/h2-4,7,14H,5-6,8H2,1H3. The van der Waals surface area contributed by atoms with Gasteiger partial charge in [0.25, 0.3) is 0 Å². The van der Waals surface area contributed by atoms with Crippen LogP contribution < -0.4 is 10.1 Å². The number of hydrogen-bond acceptors (Lipinski definition) is 4. The average Bonchev–Trinajstić information content (AvgIpc) is 2.82. The SMILES string of the molecule is COc1cccc(-c2onc3c2CCNC3)c1. The molecule has 0 saturated heterocycles. The van der Waals surface area contributed by atoms with Crippen molar-refractivity contribution in [2.24, 2.45) is 0 Å². The number of hydrogen-bond donors (Lipinski definition) is 1. The molecule has 4 heteroatoms. The van der Waals surface area contributed by atoms with Gasteiger partial charge in [0.2, 0.25) is 0 Å². The molecule has 17 heavy (non-hydrogen) atoms. The van der Waals surface area contributed by atoms with Gasteiger partial charge in [0.15, 0.2) is 5.76 Å². The van der Waals surface area contributed by atoms with Crippen molar-refractivity contribution in [3.05, 3.63) is 35.5 Å². The fourth-order valence-corrected chi connectivity index (χ4v) is 2.15. The second kappa shape index (κ2) is 4.22. The summed E-state index contributed by atoms with van der Waals surface area (Å²) < 4.78 is 10.7. The topological polar surface area (TPSA) is 47.3 Å². The smallest absolute Gasteiger partial charge is 0.170 e. The summed E-state index contributed by atoms with van der Waals surface area (Å²) in [5.74, 6) is 1.71. The third-order valence-electron chi connectivity index (χ3n) is 3.05. The molecule has 2 heterocycles. The zero-order valence-electron chi connectivity index (χ0n) is 9.69. The highest BCUT2D eigenvalue weighted by Gasteiger charge is 2.20. The molecule has 0 fully saturated rings. The molecule has 0 saturated carbocycles. The van der Waals surface area contributed by atoms with Gasteiger partial charge in [-0.3, -0.25) is 0 Å². The summed E-state index contributed by atoms with van der Waals surface area (Å²) in [5, 5.41) is 7.39. The number of benzene rings is 1. The Morgan fingerprint density at radius 3 is 3.24 bits per heavy atom. The number of ether oxygens (including phenoxy) is 1. The van der Waals surface area contributed by atoms with Crippen LogP contribution in [0.25, 0.3) is 11.3 Å². The Bertz CT molecular complexity index is 534. The molecule has 0 aliphatic carbocycles. The third-order valence-corrected chi connectivity index (χ3v) is 3.05. The van der Waals surface area contributed by atoms with E-state index in [0.29, 0.717) is 0 Å². The molecule has 3 rings (SSSR count). The molecule has 2 aromatic rings. The maximum Gasteiger partial charge on any atom is 0.170 e. The van der Waals surface area contributed by atoms with Crippen LogP contribution in [-0.2, 0) is 13.0 Å². The van der Waals surface area contributed by atoms with Crippen molar-refractivity contribution >= 4 is 0 Å². The zero-order chi connectivity index (χ0) is 11.7. The Morgan fingerprint density at radius 2 is 2.35 bits per heavy atom. The zero-order valence-corrected chi connectivity index (χ0v) is 9.69. The molecule has 1 aromatic heterocycles. The molecule has 1 N–H and O–H groups in total. The maximum absolute atomic E-state index is 5.46. The van der Waals surface area contributed by atoms with Crippen LogP contribution in [0.5, 0.6) is 5.75 Å². The second-order valence-corrected chi connectivity index (χ2v) is 4.10. The molecule has 1 aliphatic heterocycles. The summed E-state index contributed by atoms with van der Waals surface area (Å²) >= 11 is 0. The van der Waals surface area contributed by atoms with Crippen LogP contribution in [0.15, 0.2) is 28.8 Å². The number of rotatable bonds is 2. The number of methoxy groups -OCH3 is 1. The Labute approximate surface area is 99.6 Å². The quantitative estimate of drug-likeness (QED) is 0.857. The second-order valence-electron chi connectivity index (χ2n) is 4.10. The molecule has 0 radical (unpaired) electrons. The monoisotopic (exact) mass is 230 g/mol. The van der Waals surface area contributed by atoms with Crippen LogP contribution in [0, 0.1) is 0 Å². The van der Waals surface area contributed by atoms with E-state index in [2.05, 4.69) is 10.5 Å². The minimum atomic E-state index is 0.794. The van der Waals surface area contributed by atoms with Gasteiger partial charge in [-0.1, -0.05) is 17.3 Å². The average molecular weight is 230 g/mol. The Hall–Kier alpha value is -1.81. The minimum absolute atomic E-state index is 0.794. The van der Waals surface area contributed by atoms with E-state index >= 15 is 0 Å². The molecule has 0 unspecified atom stereocenters. The van der Waals surface area contributed by atoms with E-state index in [1.807, 2.05) is 24.3 Å². The van der Waals surface area contributed by atoms with Crippen molar-refractivity contribution in [1.29, 1.82) is 0 Å². The molecule has 0 atom stereocenters. The predicted molar refractivity (Wildman–Crippen MR) is 63.9 cm³/mol. The Morgan fingerprint density at radius 1 is 1.41 bits per heavy atom. The summed E-state index contributed by atoms with van der Waals surface area (Å²) in [5.41, 5.74) is 3.27. The number of nitrogens with zero attached hydrogens (tertiary/aromatic N) is 1. The molecule has 4 nitrogen and oxygen atoms in total. The van der Waals surface area contributed by atoms with Crippen LogP contribution in [0.2, 0.25) is 0 Å². The Kier molecular flexibility index (Phi) is 2.57. The van der Waals surface area contributed by atoms with Gasteiger partial charge >= 0.3 is 0 Å². The number of aromatic nitrogens is 1. The number of fused-ring (bicyclic) bond motifs is 1. The lowest BCUT2D eigenvalue weighted by Crippen LogP contribution is -2.23. The lowest BCUT2D eigenvalue weighted by Gasteiger charge is -2.11. The number of nitrogens with one attached hydrogen (secondary N) is 1. The van der Waals surface area contributed by atoms with E-state index in [0.717, 1.165) is 42.3 Å². The summed E-state index contributed by atoms with van der Waals surface area (Å²) in [7, 11) is 1.67. The molecule has 0 spiro atoms. The first-order chi connectivity index (χ1) is 8.38. The molecular formula is C13H14N2O2. The van der Waals surface area contributed by atoms with Gasteiger partial charge in [-0.2, -0.15) is 0 Å². The van der Waals surface area contributed by atoms with Gasteiger partial charge in [0.1, 0.15) is 11.4 Å². The van der Waals surface area contributed by atoms with Crippen molar-refractivity contribution in [2.45, 2.75) is 13.0 Å². The fourth-order valence-electron chi connectivity index (χ4n) is 2.15. The first kappa shape index (κ1) is 10.4. The lowest BCUT2D eigenvalue weighted by atomic mass is 10.0. The van der Waals surface area contributed by atoms with E-state index < -0.39 is 0 Å².